The first kappa shape index (κ1) is 12.1. The normalized spacial score (nSPS) is 10.1. The molecule has 0 aromatic carbocycles. The third-order valence-corrected chi connectivity index (χ3v) is 2.03. The molecule has 2 aromatic rings. The molecule has 0 amide bonds. The van der Waals surface area contributed by atoms with Gasteiger partial charge >= 0.3 is 6.01 Å². The first-order valence-electron chi connectivity index (χ1n) is 5.51. The number of hydrogen-bond donors (Lipinski definition) is 2. The maximum Gasteiger partial charge on any atom is 0.323 e. The van der Waals surface area contributed by atoms with Gasteiger partial charge in [-0.2, -0.15) is 15.0 Å². The maximum absolute atomic E-state index is 5.25. The van der Waals surface area contributed by atoms with Crippen LogP contribution in [0.15, 0.2) is 16.9 Å². The number of anilines is 2. The molecule has 0 fully saturated rings. The molecule has 2 heterocycles. The summed E-state index contributed by atoms with van der Waals surface area (Å²) in [5, 5.41) is 9.64. The van der Waals surface area contributed by atoms with Crippen LogP contribution in [-0.2, 0) is 6.54 Å². The fourth-order valence-electron chi connectivity index (χ4n) is 1.24. The molecule has 0 saturated carbocycles. The van der Waals surface area contributed by atoms with E-state index in [0.29, 0.717) is 25.0 Å². The molecule has 0 aliphatic rings. The van der Waals surface area contributed by atoms with E-state index in [1.165, 1.54) is 6.26 Å². The van der Waals surface area contributed by atoms with Crippen molar-refractivity contribution in [1.29, 1.82) is 0 Å². The summed E-state index contributed by atoms with van der Waals surface area (Å²) in [6.45, 7) is 2.83. The minimum atomic E-state index is 0.277. The summed E-state index contributed by atoms with van der Waals surface area (Å²) < 4.78 is 9.98. The molecule has 18 heavy (non-hydrogen) atoms. The Kier molecular flexibility index (Phi) is 3.90. The van der Waals surface area contributed by atoms with Crippen molar-refractivity contribution in [3.05, 3.63) is 18.0 Å². The zero-order chi connectivity index (χ0) is 12.8. The minimum Gasteiger partial charge on any atom is -0.464 e. The summed E-state index contributed by atoms with van der Waals surface area (Å²) in [5.41, 5.74) is 0.763. The standard InChI is InChI=1S/C10H14N6O2/c1-3-17-10-14-8(11-2)13-9(15-10)12-6-7-4-5-18-16-7/h4-5H,3,6H2,1-2H3,(H2,11,12,13,14,15). The van der Waals surface area contributed by atoms with Gasteiger partial charge in [0.05, 0.1) is 13.2 Å². The van der Waals surface area contributed by atoms with Crippen molar-refractivity contribution >= 4 is 11.9 Å². The Morgan fingerprint density at radius 3 is 2.78 bits per heavy atom. The van der Waals surface area contributed by atoms with Gasteiger partial charge in [-0.05, 0) is 6.92 Å². The Balaban J connectivity index is 2.08. The van der Waals surface area contributed by atoms with Gasteiger partial charge in [-0.15, -0.1) is 0 Å². The summed E-state index contributed by atoms with van der Waals surface area (Å²) in [6.07, 6.45) is 1.51. The topological polar surface area (TPSA) is 98.0 Å². The van der Waals surface area contributed by atoms with E-state index >= 15 is 0 Å². The van der Waals surface area contributed by atoms with Crippen LogP contribution in [0.4, 0.5) is 11.9 Å². The maximum atomic E-state index is 5.25. The smallest absolute Gasteiger partial charge is 0.323 e. The lowest BCUT2D eigenvalue weighted by atomic mass is 10.4. The predicted molar refractivity (Wildman–Crippen MR) is 64.4 cm³/mol. The van der Waals surface area contributed by atoms with Crippen LogP contribution >= 0.6 is 0 Å². The van der Waals surface area contributed by atoms with Crippen molar-refractivity contribution in [1.82, 2.24) is 20.1 Å². The lowest BCUT2D eigenvalue weighted by Crippen LogP contribution is -2.09. The molecule has 0 radical (unpaired) electrons. The molecule has 2 N–H and O–H groups in total. The molecule has 2 aromatic heterocycles. The summed E-state index contributed by atoms with van der Waals surface area (Å²) in [4.78, 5) is 12.3. The van der Waals surface area contributed by atoms with E-state index < -0.39 is 0 Å². The monoisotopic (exact) mass is 250 g/mol. The average Bonchev–Trinajstić information content (AvgIpc) is 2.89. The van der Waals surface area contributed by atoms with Crippen LogP contribution in [0.1, 0.15) is 12.6 Å². The first-order chi connectivity index (χ1) is 8.81. The second-order valence-corrected chi connectivity index (χ2v) is 3.29. The zero-order valence-electron chi connectivity index (χ0n) is 10.2. The molecular weight excluding hydrogens is 236 g/mol. The van der Waals surface area contributed by atoms with Gasteiger partial charge < -0.3 is 19.9 Å². The predicted octanol–water partition coefficient (Wildman–Crippen LogP) is 0.912. The number of rotatable bonds is 6. The molecule has 0 bridgehead atoms. The second-order valence-electron chi connectivity index (χ2n) is 3.29. The fraction of sp³-hybridized carbons (Fsp3) is 0.400. The average molecular weight is 250 g/mol. The van der Waals surface area contributed by atoms with Gasteiger partial charge in [0.15, 0.2) is 0 Å². The highest BCUT2D eigenvalue weighted by Crippen LogP contribution is 2.11. The third kappa shape index (κ3) is 3.06. The fourth-order valence-corrected chi connectivity index (χ4v) is 1.24. The molecule has 96 valence electrons. The van der Waals surface area contributed by atoms with Crippen LogP contribution in [0, 0.1) is 0 Å². The Morgan fingerprint density at radius 2 is 2.11 bits per heavy atom. The van der Waals surface area contributed by atoms with Gasteiger partial charge in [0.2, 0.25) is 11.9 Å². The molecule has 0 aliphatic carbocycles. The highest BCUT2D eigenvalue weighted by Gasteiger charge is 2.06. The Morgan fingerprint density at radius 1 is 1.28 bits per heavy atom. The van der Waals surface area contributed by atoms with Gasteiger partial charge in [0.25, 0.3) is 0 Å². The van der Waals surface area contributed by atoms with E-state index in [2.05, 4.69) is 30.7 Å². The van der Waals surface area contributed by atoms with E-state index in [0.717, 1.165) is 5.69 Å². The van der Waals surface area contributed by atoms with Crippen LogP contribution in [0.25, 0.3) is 0 Å². The van der Waals surface area contributed by atoms with Gasteiger partial charge in [-0.25, -0.2) is 0 Å². The largest absolute Gasteiger partial charge is 0.464 e. The van der Waals surface area contributed by atoms with Gasteiger partial charge in [0, 0.05) is 13.1 Å². The number of hydrogen-bond acceptors (Lipinski definition) is 8. The summed E-state index contributed by atoms with van der Waals surface area (Å²) in [7, 11) is 1.73. The van der Waals surface area contributed by atoms with Crippen molar-refractivity contribution in [3.63, 3.8) is 0 Å². The summed E-state index contributed by atoms with van der Waals surface area (Å²) >= 11 is 0. The molecule has 0 aliphatic heterocycles. The third-order valence-electron chi connectivity index (χ3n) is 2.03. The van der Waals surface area contributed by atoms with Crippen molar-refractivity contribution in [2.24, 2.45) is 0 Å². The molecule has 0 unspecified atom stereocenters. The Bertz CT molecular complexity index is 487. The minimum absolute atomic E-state index is 0.277. The van der Waals surface area contributed by atoms with Gasteiger partial charge in [-0.1, -0.05) is 5.16 Å². The first-order valence-corrected chi connectivity index (χ1v) is 5.51. The Labute approximate surface area is 104 Å². The van der Waals surface area contributed by atoms with Crippen LogP contribution < -0.4 is 15.4 Å². The van der Waals surface area contributed by atoms with Crippen molar-refractivity contribution in [3.8, 4) is 6.01 Å². The molecule has 0 spiro atoms. The summed E-state index contributed by atoms with van der Waals surface area (Å²) in [6, 6.07) is 2.04. The van der Waals surface area contributed by atoms with Gasteiger partial charge in [-0.3, -0.25) is 0 Å². The second kappa shape index (κ2) is 5.80. The molecule has 8 heteroatoms. The molecule has 0 saturated heterocycles. The van der Waals surface area contributed by atoms with E-state index in [-0.39, 0.29) is 6.01 Å². The summed E-state index contributed by atoms with van der Waals surface area (Å²) in [5.74, 6) is 0.858. The number of nitrogens with zero attached hydrogens (tertiary/aromatic N) is 4. The number of ether oxygens (including phenoxy) is 1. The zero-order valence-corrected chi connectivity index (χ0v) is 10.2. The van der Waals surface area contributed by atoms with Crippen LogP contribution in [0.2, 0.25) is 0 Å². The van der Waals surface area contributed by atoms with E-state index in [4.69, 9.17) is 9.26 Å². The van der Waals surface area contributed by atoms with Crippen molar-refractivity contribution in [2.75, 3.05) is 24.3 Å². The van der Waals surface area contributed by atoms with Crippen LogP contribution in [0.3, 0.4) is 0 Å². The van der Waals surface area contributed by atoms with E-state index in [1.807, 2.05) is 6.92 Å². The Hall–Kier alpha value is -2.38. The number of aromatic nitrogens is 4. The molecule has 0 atom stereocenters. The highest BCUT2D eigenvalue weighted by molar-refractivity contribution is 5.35. The highest BCUT2D eigenvalue weighted by atomic mass is 16.5. The quantitative estimate of drug-likeness (QED) is 0.780. The lowest BCUT2D eigenvalue weighted by Gasteiger charge is -2.07. The van der Waals surface area contributed by atoms with E-state index in [9.17, 15) is 0 Å². The van der Waals surface area contributed by atoms with Crippen molar-refractivity contribution < 1.29 is 9.26 Å². The van der Waals surface area contributed by atoms with Gasteiger partial charge in [0.1, 0.15) is 12.0 Å². The molecule has 8 nitrogen and oxygen atoms in total. The lowest BCUT2D eigenvalue weighted by molar-refractivity contribution is 0.312. The van der Waals surface area contributed by atoms with Crippen LogP contribution in [0.5, 0.6) is 6.01 Å². The molecule has 2 rings (SSSR count). The van der Waals surface area contributed by atoms with Crippen LogP contribution in [-0.4, -0.2) is 33.8 Å². The SMILES string of the molecule is CCOc1nc(NC)nc(NCc2ccon2)n1. The number of nitrogens with one attached hydrogen (secondary N) is 2. The van der Waals surface area contributed by atoms with Crippen molar-refractivity contribution in [2.45, 2.75) is 13.5 Å². The molecular formula is C10H14N6O2. The van der Waals surface area contributed by atoms with E-state index in [1.54, 1.807) is 13.1 Å².